The first kappa shape index (κ1) is 20.0. The molecule has 0 amide bonds. The lowest BCUT2D eigenvalue weighted by Gasteiger charge is -2.10. The van der Waals surface area contributed by atoms with Crippen molar-refractivity contribution in [1.82, 2.24) is 15.0 Å². The molecule has 6 aromatic rings. The van der Waals surface area contributed by atoms with Crippen molar-refractivity contribution >= 4 is 99.9 Å². The van der Waals surface area contributed by atoms with Gasteiger partial charge >= 0.3 is 0 Å². The lowest BCUT2D eigenvalue weighted by molar-refractivity contribution is 1.29. The zero-order chi connectivity index (χ0) is 20.6. The van der Waals surface area contributed by atoms with E-state index >= 15 is 0 Å². The first-order valence-electron chi connectivity index (χ1n) is 9.37. The molecule has 0 N–H and O–H groups in total. The number of aromatic nitrogens is 3. The number of fused-ring (bicyclic) bond motifs is 3. The minimum Gasteiger partial charge on any atom is -0.230 e. The van der Waals surface area contributed by atoms with Crippen LogP contribution in [0, 0.1) is 0 Å². The molecule has 0 saturated heterocycles. The molecule has 3 heterocycles. The Morgan fingerprint density at radius 3 is 1.13 bits per heavy atom. The second-order valence-corrected chi connectivity index (χ2v) is 14.5. The Balaban J connectivity index is 1.32. The number of rotatable bonds is 6. The van der Waals surface area contributed by atoms with Gasteiger partial charge < -0.3 is 0 Å². The summed E-state index contributed by atoms with van der Waals surface area (Å²) < 4.78 is 7.06. The average Bonchev–Trinajstić information content (AvgIpc) is 3.48. The average molecular weight is 512 g/mol. The van der Waals surface area contributed by atoms with Gasteiger partial charge in [-0.05, 0) is 36.4 Å². The van der Waals surface area contributed by atoms with E-state index in [9.17, 15) is 0 Å². The van der Waals surface area contributed by atoms with E-state index in [4.69, 9.17) is 15.0 Å². The van der Waals surface area contributed by atoms with Crippen LogP contribution in [0.1, 0.15) is 0 Å². The van der Waals surface area contributed by atoms with Gasteiger partial charge in [-0.2, -0.15) is 0 Å². The second-order valence-electron chi connectivity index (χ2n) is 6.48. The third-order valence-corrected chi connectivity index (χ3v) is 11.7. The zero-order valence-electron chi connectivity index (χ0n) is 15.8. The van der Waals surface area contributed by atoms with Crippen molar-refractivity contribution in [3.8, 4) is 0 Å². The van der Waals surface area contributed by atoms with E-state index in [0.717, 1.165) is 29.6 Å². The molecule has 0 atom stereocenters. The number of hydrogen-bond donors (Lipinski definition) is 0. The maximum atomic E-state index is 4.84. The molecule has 0 fully saturated rings. The second kappa shape index (κ2) is 8.73. The highest BCUT2D eigenvalue weighted by molar-refractivity contribution is 8.33. The van der Waals surface area contributed by atoms with E-state index in [0.29, 0.717) is 0 Å². The van der Waals surface area contributed by atoms with Crippen molar-refractivity contribution in [1.29, 1.82) is 0 Å². The van der Waals surface area contributed by atoms with Gasteiger partial charge in [-0.3, -0.25) is 0 Å². The summed E-state index contributed by atoms with van der Waals surface area (Å²) in [6, 6.07) is 25.0. The van der Waals surface area contributed by atoms with Crippen LogP contribution in [0.4, 0.5) is 0 Å². The number of benzene rings is 3. The summed E-state index contributed by atoms with van der Waals surface area (Å²) in [5, 5.41) is 0. The number of hydrogen-bond acceptors (Lipinski definition) is 9. The van der Waals surface area contributed by atoms with Crippen LogP contribution in [0.5, 0.6) is 0 Å². The van der Waals surface area contributed by atoms with Crippen molar-refractivity contribution in [2.24, 2.45) is 0 Å². The lowest BCUT2D eigenvalue weighted by atomic mass is 10.3. The first-order valence-corrected chi connectivity index (χ1v) is 14.5. The summed E-state index contributed by atoms with van der Waals surface area (Å²) in [5.41, 5.74) is 3.18. The summed E-state index contributed by atoms with van der Waals surface area (Å²) in [5.74, 6) is 0. The fourth-order valence-corrected chi connectivity index (χ4v) is 11.6. The number of para-hydroxylation sites is 3. The highest BCUT2D eigenvalue weighted by atomic mass is 32.3. The molecular formula is C22H13N3S6. The molecule has 152 valence electrons. The minimum absolute atomic E-state index is 0.168. The van der Waals surface area contributed by atoms with Crippen molar-refractivity contribution in [3.05, 3.63) is 72.8 Å². The van der Waals surface area contributed by atoms with Gasteiger partial charge in [0.1, 0.15) is 3.91 Å². The van der Waals surface area contributed by atoms with Gasteiger partial charge in [-0.15, -0.1) is 34.0 Å². The molecule has 0 saturated carbocycles. The summed E-state index contributed by atoms with van der Waals surface area (Å²) in [6.45, 7) is 0. The van der Waals surface area contributed by atoms with Crippen molar-refractivity contribution in [2.75, 3.05) is 0 Å². The zero-order valence-corrected chi connectivity index (χ0v) is 20.7. The number of thioether (sulfide) groups is 3. The van der Waals surface area contributed by atoms with Crippen LogP contribution in [0.25, 0.3) is 30.6 Å². The van der Waals surface area contributed by atoms with Crippen LogP contribution in [0.15, 0.2) is 85.8 Å². The smallest absolute Gasteiger partial charge is 0.153 e. The molecule has 0 aliphatic heterocycles. The Labute approximate surface area is 203 Å². The van der Waals surface area contributed by atoms with Crippen LogP contribution < -0.4 is 0 Å². The lowest BCUT2D eigenvalue weighted by Crippen LogP contribution is -1.90. The molecule has 3 aromatic carbocycles. The van der Waals surface area contributed by atoms with Gasteiger partial charge in [-0.25, -0.2) is 15.0 Å². The molecule has 31 heavy (non-hydrogen) atoms. The summed E-state index contributed by atoms with van der Waals surface area (Å²) in [7, 11) is 0. The van der Waals surface area contributed by atoms with Gasteiger partial charge in [0.25, 0.3) is 0 Å². The van der Waals surface area contributed by atoms with Crippen molar-refractivity contribution < 1.29 is 0 Å². The van der Waals surface area contributed by atoms with E-state index in [-0.39, 0.29) is 3.91 Å². The number of thiazole rings is 3. The molecule has 3 aromatic heterocycles. The third kappa shape index (κ3) is 4.35. The monoisotopic (exact) mass is 511 g/mol. The number of nitrogens with zero attached hydrogens (tertiary/aromatic N) is 3. The highest BCUT2D eigenvalue weighted by Crippen LogP contribution is 2.49. The molecule has 0 unspecified atom stereocenters. The molecule has 9 heteroatoms. The minimum atomic E-state index is 0.168. The van der Waals surface area contributed by atoms with Gasteiger partial charge in [0.15, 0.2) is 13.0 Å². The molecule has 0 aliphatic rings. The maximum Gasteiger partial charge on any atom is 0.153 e. The molecular weight excluding hydrogens is 499 g/mol. The standard InChI is InChI=1S/C22H13N3S6/c1-4-10-16-13(7-1)23-19(26-16)29-22(30-20-24-14-8-2-5-11-17(14)27-20)31-21-25-15-9-3-6-12-18(15)28-21/h1-12,22H. The Kier molecular flexibility index (Phi) is 5.63. The van der Waals surface area contributed by atoms with Crippen LogP contribution in [0.3, 0.4) is 0 Å². The molecule has 0 radical (unpaired) electrons. The van der Waals surface area contributed by atoms with Gasteiger partial charge in [-0.1, -0.05) is 71.7 Å². The Bertz CT molecular complexity index is 1220. The predicted molar refractivity (Wildman–Crippen MR) is 140 cm³/mol. The molecule has 3 nitrogen and oxygen atoms in total. The SMILES string of the molecule is c1ccc2sc(SC(Sc3nc4ccccc4s3)Sc3nc4ccccc4s3)nc2c1. The van der Waals surface area contributed by atoms with Crippen LogP contribution >= 0.6 is 69.3 Å². The fraction of sp³-hybridized carbons (Fsp3) is 0.0455. The van der Waals surface area contributed by atoms with Crippen molar-refractivity contribution in [2.45, 2.75) is 16.9 Å². The van der Waals surface area contributed by atoms with E-state index in [1.165, 1.54) is 14.1 Å². The predicted octanol–water partition coefficient (Wildman–Crippen LogP) is 8.48. The highest BCUT2D eigenvalue weighted by Gasteiger charge is 2.21. The normalized spacial score (nSPS) is 11.9. The molecule has 0 bridgehead atoms. The van der Waals surface area contributed by atoms with E-state index in [1.807, 2.05) is 18.2 Å². The Morgan fingerprint density at radius 2 is 0.806 bits per heavy atom. The molecule has 6 rings (SSSR count). The van der Waals surface area contributed by atoms with E-state index in [1.54, 1.807) is 69.3 Å². The quantitative estimate of drug-likeness (QED) is 0.165. The maximum absolute atomic E-state index is 4.84. The largest absolute Gasteiger partial charge is 0.230 e. The Morgan fingerprint density at radius 1 is 0.484 bits per heavy atom. The summed E-state index contributed by atoms with van der Waals surface area (Å²) in [6.07, 6.45) is 0. The molecule has 0 spiro atoms. The summed E-state index contributed by atoms with van der Waals surface area (Å²) >= 11 is 10.6. The van der Waals surface area contributed by atoms with Crippen molar-refractivity contribution in [3.63, 3.8) is 0 Å². The summed E-state index contributed by atoms with van der Waals surface area (Å²) in [4.78, 5) is 14.5. The topological polar surface area (TPSA) is 38.7 Å². The van der Waals surface area contributed by atoms with Gasteiger partial charge in [0.05, 0.1) is 30.6 Å². The van der Waals surface area contributed by atoms with E-state index < -0.39 is 0 Å². The van der Waals surface area contributed by atoms with Crippen LogP contribution in [-0.4, -0.2) is 18.9 Å². The van der Waals surface area contributed by atoms with Crippen LogP contribution in [-0.2, 0) is 0 Å². The van der Waals surface area contributed by atoms with Gasteiger partial charge in [0.2, 0.25) is 0 Å². The molecule has 0 aliphatic carbocycles. The van der Waals surface area contributed by atoms with Crippen LogP contribution in [0.2, 0.25) is 0 Å². The third-order valence-electron chi connectivity index (χ3n) is 4.41. The van der Waals surface area contributed by atoms with E-state index in [2.05, 4.69) is 54.6 Å². The first-order chi connectivity index (χ1) is 15.3. The van der Waals surface area contributed by atoms with Gasteiger partial charge in [0, 0.05) is 0 Å². The Hall–Kier alpha value is -1.62. The fourth-order valence-electron chi connectivity index (χ4n) is 3.02.